The number of nitrogens with zero attached hydrogens (tertiary/aromatic N) is 3. The summed E-state index contributed by atoms with van der Waals surface area (Å²) in [6.45, 7) is 3.92. The van der Waals surface area contributed by atoms with Crippen LogP contribution in [0, 0.1) is 0 Å². The van der Waals surface area contributed by atoms with E-state index in [2.05, 4.69) is 10.4 Å². The second-order valence-electron chi connectivity index (χ2n) is 7.35. The van der Waals surface area contributed by atoms with Gasteiger partial charge >= 0.3 is 5.97 Å². The summed E-state index contributed by atoms with van der Waals surface area (Å²) in [6.07, 6.45) is 3.78. The SMILES string of the molecule is CCOC(=O)c1cnn(-c2cc(=O)n(C)c3ccccc23)c1CNC[C@@H]1CCCO1. The molecule has 1 atom stereocenters. The molecule has 0 aliphatic carbocycles. The smallest absolute Gasteiger partial charge is 0.341 e. The first-order chi connectivity index (χ1) is 14.6. The van der Waals surface area contributed by atoms with Gasteiger partial charge in [0.15, 0.2) is 0 Å². The van der Waals surface area contributed by atoms with E-state index in [1.54, 1.807) is 29.3 Å². The van der Waals surface area contributed by atoms with Gasteiger partial charge in [0, 0.05) is 38.2 Å². The van der Waals surface area contributed by atoms with Crippen LogP contribution in [0.4, 0.5) is 0 Å². The number of carbonyl (C=O) groups is 1. The largest absolute Gasteiger partial charge is 0.462 e. The van der Waals surface area contributed by atoms with Crippen molar-refractivity contribution in [3.63, 3.8) is 0 Å². The van der Waals surface area contributed by atoms with Crippen LogP contribution in [-0.4, -0.2) is 46.2 Å². The highest BCUT2D eigenvalue weighted by Crippen LogP contribution is 2.23. The molecule has 1 aliphatic rings. The number of aryl methyl sites for hydroxylation is 1. The summed E-state index contributed by atoms with van der Waals surface area (Å²) in [4.78, 5) is 25.1. The molecule has 3 aromatic rings. The van der Waals surface area contributed by atoms with Gasteiger partial charge in [-0.1, -0.05) is 18.2 Å². The second-order valence-corrected chi connectivity index (χ2v) is 7.35. The Morgan fingerprint density at radius 3 is 2.97 bits per heavy atom. The van der Waals surface area contributed by atoms with Gasteiger partial charge in [-0.05, 0) is 25.8 Å². The molecule has 1 aromatic carbocycles. The van der Waals surface area contributed by atoms with Gasteiger partial charge in [0.1, 0.15) is 5.56 Å². The van der Waals surface area contributed by atoms with Gasteiger partial charge in [-0.25, -0.2) is 9.48 Å². The molecule has 2 aromatic heterocycles. The average molecular weight is 410 g/mol. The Hall–Kier alpha value is -2.97. The maximum absolute atomic E-state index is 12.6. The van der Waals surface area contributed by atoms with E-state index in [-0.39, 0.29) is 18.3 Å². The van der Waals surface area contributed by atoms with E-state index in [9.17, 15) is 9.59 Å². The zero-order chi connectivity index (χ0) is 21.1. The Morgan fingerprint density at radius 1 is 1.37 bits per heavy atom. The molecular formula is C22H26N4O4. The van der Waals surface area contributed by atoms with Gasteiger partial charge in [-0.15, -0.1) is 0 Å². The molecule has 0 radical (unpaired) electrons. The highest BCUT2D eigenvalue weighted by atomic mass is 16.5. The third kappa shape index (κ3) is 3.88. The molecule has 8 heteroatoms. The summed E-state index contributed by atoms with van der Waals surface area (Å²) in [6, 6.07) is 9.20. The van der Waals surface area contributed by atoms with Gasteiger partial charge in [-0.2, -0.15) is 5.10 Å². The van der Waals surface area contributed by atoms with Crippen molar-refractivity contribution in [3.05, 3.63) is 58.1 Å². The van der Waals surface area contributed by atoms with Crippen molar-refractivity contribution in [3.8, 4) is 5.69 Å². The van der Waals surface area contributed by atoms with Crippen molar-refractivity contribution in [2.45, 2.75) is 32.4 Å². The van der Waals surface area contributed by atoms with Crippen LogP contribution >= 0.6 is 0 Å². The summed E-state index contributed by atoms with van der Waals surface area (Å²) < 4.78 is 14.2. The van der Waals surface area contributed by atoms with Crippen LogP contribution in [-0.2, 0) is 23.1 Å². The molecular weight excluding hydrogens is 384 g/mol. The Kier molecular flexibility index (Phi) is 5.96. The molecule has 8 nitrogen and oxygen atoms in total. The number of fused-ring (bicyclic) bond motifs is 1. The van der Waals surface area contributed by atoms with Crippen LogP contribution in [0.2, 0.25) is 0 Å². The fourth-order valence-electron chi connectivity index (χ4n) is 3.86. The number of pyridine rings is 1. The number of hydrogen-bond donors (Lipinski definition) is 1. The van der Waals surface area contributed by atoms with Crippen molar-refractivity contribution in [2.24, 2.45) is 7.05 Å². The number of carbonyl (C=O) groups excluding carboxylic acids is 1. The van der Waals surface area contributed by atoms with E-state index in [0.717, 1.165) is 30.4 Å². The molecule has 0 unspecified atom stereocenters. The summed E-state index contributed by atoms with van der Waals surface area (Å²) in [7, 11) is 1.74. The monoisotopic (exact) mass is 410 g/mol. The molecule has 1 saturated heterocycles. The maximum atomic E-state index is 12.6. The maximum Gasteiger partial charge on any atom is 0.341 e. The van der Waals surface area contributed by atoms with Crippen LogP contribution < -0.4 is 10.9 Å². The number of nitrogens with one attached hydrogen (secondary N) is 1. The minimum absolute atomic E-state index is 0.143. The predicted molar refractivity (Wildman–Crippen MR) is 113 cm³/mol. The summed E-state index contributed by atoms with van der Waals surface area (Å²) >= 11 is 0. The van der Waals surface area contributed by atoms with Crippen LogP contribution in [0.25, 0.3) is 16.6 Å². The Labute approximate surface area is 174 Å². The van der Waals surface area contributed by atoms with Gasteiger partial charge in [-0.3, -0.25) is 4.79 Å². The van der Waals surface area contributed by atoms with Gasteiger partial charge in [0.2, 0.25) is 0 Å². The Morgan fingerprint density at radius 2 is 2.20 bits per heavy atom. The van der Waals surface area contributed by atoms with Crippen molar-refractivity contribution in [2.75, 3.05) is 19.8 Å². The first kappa shape index (κ1) is 20.3. The quantitative estimate of drug-likeness (QED) is 0.601. The zero-order valence-electron chi connectivity index (χ0n) is 17.3. The molecule has 4 rings (SSSR count). The van der Waals surface area contributed by atoms with Crippen molar-refractivity contribution in [1.29, 1.82) is 0 Å². The second kappa shape index (κ2) is 8.81. The molecule has 0 bridgehead atoms. The van der Waals surface area contributed by atoms with E-state index in [1.807, 2.05) is 24.3 Å². The van der Waals surface area contributed by atoms with Crippen molar-refractivity contribution in [1.82, 2.24) is 19.7 Å². The average Bonchev–Trinajstić information content (AvgIpc) is 3.41. The predicted octanol–water partition coefficient (Wildman–Crippen LogP) is 2.17. The van der Waals surface area contributed by atoms with Crippen molar-refractivity contribution < 1.29 is 14.3 Å². The standard InChI is InChI=1S/C22H26N4O4/c1-3-29-22(28)17-13-24-26(20(17)14-23-12-15-7-6-10-30-15)19-11-21(27)25(2)18-9-5-4-8-16(18)19/h4-5,8-9,11,13,15,23H,3,6-7,10,12,14H2,1-2H3/t15-/m0/s1. The third-order valence-electron chi connectivity index (χ3n) is 5.41. The molecule has 1 N–H and O–H groups in total. The number of para-hydroxylation sites is 1. The minimum atomic E-state index is -0.425. The number of aromatic nitrogens is 3. The van der Waals surface area contributed by atoms with Crippen LogP contribution in [0.15, 0.2) is 41.3 Å². The van der Waals surface area contributed by atoms with Gasteiger partial charge in [0.05, 0.1) is 35.8 Å². The molecule has 3 heterocycles. The number of esters is 1. The van der Waals surface area contributed by atoms with Gasteiger partial charge < -0.3 is 19.4 Å². The lowest BCUT2D eigenvalue weighted by molar-refractivity contribution is 0.0524. The molecule has 0 saturated carbocycles. The number of benzene rings is 1. The highest BCUT2D eigenvalue weighted by molar-refractivity contribution is 5.92. The fourth-order valence-corrected chi connectivity index (χ4v) is 3.86. The summed E-state index contributed by atoms with van der Waals surface area (Å²) in [5.74, 6) is -0.425. The normalized spacial score (nSPS) is 16.3. The van der Waals surface area contributed by atoms with E-state index < -0.39 is 5.97 Å². The van der Waals surface area contributed by atoms with Crippen LogP contribution in [0.3, 0.4) is 0 Å². The summed E-state index contributed by atoms with van der Waals surface area (Å²) in [5.41, 5.74) is 2.34. The molecule has 30 heavy (non-hydrogen) atoms. The first-order valence-corrected chi connectivity index (χ1v) is 10.3. The van der Waals surface area contributed by atoms with Crippen molar-refractivity contribution >= 4 is 16.9 Å². The fraction of sp³-hybridized carbons (Fsp3) is 0.409. The van der Waals surface area contributed by atoms with Crippen LogP contribution in [0.5, 0.6) is 0 Å². The molecule has 158 valence electrons. The number of ether oxygens (including phenoxy) is 2. The Bertz CT molecular complexity index is 1110. The minimum Gasteiger partial charge on any atom is -0.462 e. The van der Waals surface area contributed by atoms with E-state index in [4.69, 9.17) is 9.47 Å². The molecule has 1 aliphatic heterocycles. The Balaban J connectivity index is 1.76. The number of rotatable bonds is 7. The number of hydrogen-bond acceptors (Lipinski definition) is 6. The lowest BCUT2D eigenvalue weighted by Gasteiger charge is -2.15. The topological polar surface area (TPSA) is 87.4 Å². The lowest BCUT2D eigenvalue weighted by atomic mass is 10.1. The van der Waals surface area contributed by atoms with E-state index in [0.29, 0.717) is 30.0 Å². The third-order valence-corrected chi connectivity index (χ3v) is 5.41. The molecule has 0 amide bonds. The highest BCUT2D eigenvalue weighted by Gasteiger charge is 2.22. The zero-order valence-corrected chi connectivity index (χ0v) is 17.3. The molecule has 0 spiro atoms. The molecule has 1 fully saturated rings. The summed E-state index contributed by atoms with van der Waals surface area (Å²) in [5, 5.41) is 8.71. The van der Waals surface area contributed by atoms with E-state index in [1.165, 1.54) is 6.20 Å². The lowest BCUT2D eigenvalue weighted by Crippen LogP contribution is -2.28. The van der Waals surface area contributed by atoms with E-state index >= 15 is 0 Å². The van der Waals surface area contributed by atoms with Gasteiger partial charge in [0.25, 0.3) is 5.56 Å². The van der Waals surface area contributed by atoms with Crippen LogP contribution in [0.1, 0.15) is 35.8 Å². The first-order valence-electron chi connectivity index (χ1n) is 10.3.